The number of hydrogen-bond acceptors (Lipinski definition) is 4. The molecule has 1 fully saturated rings. The lowest BCUT2D eigenvalue weighted by Gasteiger charge is -2.13. The number of esters is 1. The van der Waals surface area contributed by atoms with E-state index < -0.39 is 6.10 Å². The second-order valence-electron chi connectivity index (χ2n) is 5.10. The van der Waals surface area contributed by atoms with Gasteiger partial charge in [-0.3, -0.25) is 14.4 Å². The molecule has 2 N–H and O–H groups in total. The molecule has 0 unspecified atom stereocenters. The Morgan fingerprint density at radius 1 is 1.10 bits per heavy atom. The van der Waals surface area contributed by atoms with Crippen molar-refractivity contribution in [1.82, 2.24) is 0 Å². The van der Waals surface area contributed by atoms with Crippen LogP contribution in [0.4, 0.5) is 11.4 Å². The molecule has 0 saturated heterocycles. The van der Waals surface area contributed by atoms with Crippen LogP contribution in [-0.4, -0.2) is 23.9 Å². The molecule has 2 amide bonds. The third kappa shape index (κ3) is 4.59. The molecule has 0 aromatic heterocycles. The number of rotatable bonds is 5. The number of amides is 2. The molecule has 1 atom stereocenters. The summed E-state index contributed by atoms with van der Waals surface area (Å²) in [6.07, 6.45) is 0.864. The summed E-state index contributed by atoms with van der Waals surface area (Å²) >= 11 is 0. The number of nitrogens with one attached hydrogen (secondary N) is 2. The van der Waals surface area contributed by atoms with E-state index in [0.29, 0.717) is 11.4 Å². The van der Waals surface area contributed by atoms with E-state index in [1.165, 1.54) is 6.92 Å². The van der Waals surface area contributed by atoms with Gasteiger partial charge in [0.05, 0.1) is 5.92 Å². The van der Waals surface area contributed by atoms with Gasteiger partial charge in [-0.15, -0.1) is 0 Å². The SMILES string of the molecule is CC(=O)Nc1ccc(NC(=O)[C@@H](C)OC(=O)C2CC2)cc1. The van der Waals surface area contributed by atoms with Crippen molar-refractivity contribution in [3.05, 3.63) is 24.3 Å². The van der Waals surface area contributed by atoms with Crippen LogP contribution in [0.1, 0.15) is 26.7 Å². The summed E-state index contributed by atoms with van der Waals surface area (Å²) in [5.41, 5.74) is 1.22. The molecule has 6 nitrogen and oxygen atoms in total. The van der Waals surface area contributed by atoms with E-state index in [4.69, 9.17) is 4.74 Å². The average Bonchev–Trinajstić information content (AvgIpc) is 3.24. The Labute approximate surface area is 122 Å². The first kappa shape index (κ1) is 15.0. The van der Waals surface area contributed by atoms with E-state index in [1.54, 1.807) is 31.2 Å². The number of benzene rings is 1. The fraction of sp³-hybridized carbons (Fsp3) is 0.400. The van der Waals surface area contributed by atoms with Crippen molar-refractivity contribution < 1.29 is 19.1 Å². The number of ether oxygens (including phenoxy) is 1. The highest BCUT2D eigenvalue weighted by atomic mass is 16.5. The molecule has 21 heavy (non-hydrogen) atoms. The summed E-state index contributed by atoms with van der Waals surface area (Å²) in [6.45, 7) is 2.97. The summed E-state index contributed by atoms with van der Waals surface area (Å²) in [5.74, 6) is -0.875. The Hall–Kier alpha value is -2.37. The molecule has 0 aliphatic heterocycles. The molecule has 1 saturated carbocycles. The normalized spacial score (nSPS) is 15.0. The van der Waals surface area contributed by atoms with Crippen LogP contribution in [0.2, 0.25) is 0 Å². The molecular weight excluding hydrogens is 272 g/mol. The van der Waals surface area contributed by atoms with Gasteiger partial charge >= 0.3 is 5.97 Å². The molecule has 0 spiro atoms. The highest BCUT2D eigenvalue weighted by Gasteiger charge is 2.33. The maximum Gasteiger partial charge on any atom is 0.309 e. The number of anilines is 2. The van der Waals surface area contributed by atoms with Crippen LogP contribution in [0.5, 0.6) is 0 Å². The lowest BCUT2D eigenvalue weighted by Crippen LogP contribution is -2.30. The van der Waals surface area contributed by atoms with Crippen LogP contribution in [0.25, 0.3) is 0 Å². The zero-order valence-corrected chi connectivity index (χ0v) is 12.0. The molecule has 6 heteroatoms. The zero-order chi connectivity index (χ0) is 15.4. The number of hydrogen-bond donors (Lipinski definition) is 2. The van der Waals surface area contributed by atoms with Crippen molar-refractivity contribution in [1.29, 1.82) is 0 Å². The predicted octanol–water partition coefficient (Wildman–Crippen LogP) is 1.93. The molecule has 1 aromatic carbocycles. The van der Waals surface area contributed by atoms with Crippen LogP contribution in [0, 0.1) is 5.92 Å². The van der Waals surface area contributed by atoms with Crippen LogP contribution in [0.15, 0.2) is 24.3 Å². The first-order valence-corrected chi connectivity index (χ1v) is 6.84. The fourth-order valence-corrected chi connectivity index (χ4v) is 1.73. The van der Waals surface area contributed by atoms with Gasteiger partial charge in [0.2, 0.25) is 5.91 Å². The van der Waals surface area contributed by atoms with Gasteiger partial charge in [-0.1, -0.05) is 0 Å². The van der Waals surface area contributed by atoms with Crippen molar-refractivity contribution >= 4 is 29.2 Å². The maximum absolute atomic E-state index is 11.9. The van der Waals surface area contributed by atoms with Gasteiger partial charge in [0, 0.05) is 18.3 Å². The van der Waals surface area contributed by atoms with E-state index >= 15 is 0 Å². The smallest absolute Gasteiger partial charge is 0.309 e. The maximum atomic E-state index is 11.9. The minimum atomic E-state index is -0.826. The predicted molar refractivity (Wildman–Crippen MR) is 77.7 cm³/mol. The van der Waals surface area contributed by atoms with E-state index in [1.807, 2.05) is 0 Å². The van der Waals surface area contributed by atoms with Crippen molar-refractivity contribution in [3.8, 4) is 0 Å². The van der Waals surface area contributed by atoms with Gasteiger partial charge in [-0.25, -0.2) is 0 Å². The molecule has 0 bridgehead atoms. The molecule has 0 radical (unpaired) electrons. The quantitative estimate of drug-likeness (QED) is 0.811. The molecule has 112 valence electrons. The van der Waals surface area contributed by atoms with Gasteiger partial charge in [0.25, 0.3) is 5.91 Å². The highest BCUT2D eigenvalue weighted by molar-refractivity contribution is 5.95. The van der Waals surface area contributed by atoms with Gasteiger partial charge in [0.15, 0.2) is 6.10 Å². The lowest BCUT2D eigenvalue weighted by atomic mass is 10.2. The van der Waals surface area contributed by atoms with Crippen molar-refractivity contribution in [2.45, 2.75) is 32.8 Å². The summed E-state index contributed by atoms with van der Waals surface area (Å²) in [7, 11) is 0. The fourth-order valence-electron chi connectivity index (χ4n) is 1.73. The van der Waals surface area contributed by atoms with Crippen LogP contribution < -0.4 is 10.6 Å². The Morgan fingerprint density at radius 2 is 1.62 bits per heavy atom. The zero-order valence-electron chi connectivity index (χ0n) is 12.0. The van der Waals surface area contributed by atoms with Gasteiger partial charge < -0.3 is 15.4 Å². The minimum absolute atomic E-state index is 0.0304. The second-order valence-corrected chi connectivity index (χ2v) is 5.10. The summed E-state index contributed by atoms with van der Waals surface area (Å²) in [4.78, 5) is 34.3. The van der Waals surface area contributed by atoms with Crippen molar-refractivity contribution in [3.63, 3.8) is 0 Å². The Balaban J connectivity index is 1.86. The second kappa shape index (κ2) is 6.39. The van der Waals surface area contributed by atoms with Gasteiger partial charge in [-0.2, -0.15) is 0 Å². The van der Waals surface area contributed by atoms with E-state index in [0.717, 1.165) is 12.8 Å². The van der Waals surface area contributed by atoms with Crippen molar-refractivity contribution in [2.24, 2.45) is 5.92 Å². The standard InChI is InChI=1S/C15H18N2O4/c1-9(21-15(20)11-3-4-11)14(19)17-13-7-5-12(6-8-13)16-10(2)18/h5-9,11H,3-4H2,1-2H3,(H,16,18)(H,17,19)/t9-/m1/s1. The highest BCUT2D eigenvalue weighted by Crippen LogP contribution is 2.30. The third-order valence-electron chi connectivity index (χ3n) is 3.05. The Kier molecular flexibility index (Phi) is 4.57. The molecule has 1 aliphatic carbocycles. The van der Waals surface area contributed by atoms with Gasteiger partial charge in [0.1, 0.15) is 0 Å². The molecule has 2 rings (SSSR count). The monoisotopic (exact) mass is 290 g/mol. The summed E-state index contributed by atoms with van der Waals surface area (Å²) in [5, 5.41) is 5.29. The minimum Gasteiger partial charge on any atom is -0.452 e. The summed E-state index contributed by atoms with van der Waals surface area (Å²) in [6, 6.07) is 6.69. The summed E-state index contributed by atoms with van der Waals surface area (Å²) < 4.78 is 5.08. The van der Waals surface area contributed by atoms with E-state index in [2.05, 4.69) is 10.6 Å². The molecule has 0 heterocycles. The number of carbonyl (C=O) groups excluding carboxylic acids is 3. The largest absolute Gasteiger partial charge is 0.452 e. The van der Waals surface area contributed by atoms with Gasteiger partial charge in [-0.05, 0) is 44.0 Å². The van der Waals surface area contributed by atoms with Crippen molar-refractivity contribution in [2.75, 3.05) is 10.6 Å². The molecule has 1 aromatic rings. The lowest BCUT2D eigenvalue weighted by molar-refractivity contribution is -0.154. The number of carbonyl (C=O) groups is 3. The molecular formula is C15H18N2O4. The Bertz CT molecular complexity index is 549. The molecule has 1 aliphatic rings. The first-order valence-electron chi connectivity index (χ1n) is 6.84. The third-order valence-corrected chi connectivity index (χ3v) is 3.05. The topological polar surface area (TPSA) is 84.5 Å². The van der Waals surface area contributed by atoms with E-state index in [-0.39, 0.29) is 23.7 Å². The first-order chi connectivity index (χ1) is 9.95. The Morgan fingerprint density at radius 3 is 2.10 bits per heavy atom. The van der Waals surface area contributed by atoms with Crippen LogP contribution >= 0.6 is 0 Å². The average molecular weight is 290 g/mol. The van der Waals surface area contributed by atoms with Crippen LogP contribution in [0.3, 0.4) is 0 Å². The van der Waals surface area contributed by atoms with E-state index in [9.17, 15) is 14.4 Å². The van der Waals surface area contributed by atoms with Crippen LogP contribution in [-0.2, 0) is 19.1 Å².